The minimum absolute atomic E-state index is 0.514. The summed E-state index contributed by atoms with van der Waals surface area (Å²) in [5, 5.41) is 18.9. The first-order chi connectivity index (χ1) is 9.21. The van der Waals surface area contributed by atoms with Gasteiger partial charge in [0.05, 0.1) is 6.61 Å². The second kappa shape index (κ2) is 6.49. The molecular formula is C12H21NO7. The van der Waals surface area contributed by atoms with E-state index in [2.05, 4.69) is 0 Å². The number of hydrogen-bond acceptors (Lipinski definition) is 7. The van der Waals surface area contributed by atoms with Crippen LogP contribution in [0.5, 0.6) is 0 Å². The second-order valence-corrected chi connectivity index (χ2v) is 5.19. The summed E-state index contributed by atoms with van der Waals surface area (Å²) in [6, 6.07) is 0. The van der Waals surface area contributed by atoms with Crippen molar-refractivity contribution in [1.82, 2.24) is 4.90 Å². The van der Waals surface area contributed by atoms with Gasteiger partial charge in [0, 0.05) is 14.1 Å². The van der Waals surface area contributed by atoms with E-state index in [0.717, 1.165) is 4.90 Å². The quantitative estimate of drug-likeness (QED) is 0.634. The summed E-state index contributed by atoms with van der Waals surface area (Å²) in [6.45, 7) is 2.55. The van der Waals surface area contributed by atoms with Gasteiger partial charge in [-0.25, -0.2) is 4.79 Å². The van der Waals surface area contributed by atoms with E-state index in [0.29, 0.717) is 6.29 Å². The number of carbonyl (C=O) groups is 2. The molecule has 20 heavy (non-hydrogen) atoms. The number of amides is 1. The molecule has 1 heterocycles. The molecule has 0 aromatic carbocycles. The number of aldehydes is 1. The standard InChI is InChI=1S/C12H21NO7/c1-12(2)19-8(6-15)10(20-12)9(7(16)5-14)18-11(17)13(3)4/h6-10,14,16H,5H2,1-4H3. The third kappa shape index (κ3) is 3.89. The van der Waals surface area contributed by atoms with Gasteiger partial charge in [0.1, 0.15) is 18.3 Å². The molecule has 0 spiro atoms. The molecule has 1 rings (SSSR count). The zero-order valence-corrected chi connectivity index (χ0v) is 12.0. The fraction of sp³-hybridized carbons (Fsp3) is 0.833. The Morgan fingerprint density at radius 1 is 1.45 bits per heavy atom. The van der Waals surface area contributed by atoms with Gasteiger partial charge in [-0.15, -0.1) is 0 Å². The molecule has 4 unspecified atom stereocenters. The van der Waals surface area contributed by atoms with Gasteiger partial charge >= 0.3 is 6.09 Å². The second-order valence-electron chi connectivity index (χ2n) is 5.19. The van der Waals surface area contributed by atoms with Crippen LogP contribution in [0.15, 0.2) is 0 Å². The van der Waals surface area contributed by atoms with E-state index in [1.54, 1.807) is 13.8 Å². The van der Waals surface area contributed by atoms with E-state index in [1.165, 1.54) is 14.1 Å². The average Bonchev–Trinajstić information content (AvgIpc) is 2.69. The molecule has 116 valence electrons. The van der Waals surface area contributed by atoms with Gasteiger partial charge in [0.25, 0.3) is 0 Å². The summed E-state index contributed by atoms with van der Waals surface area (Å²) < 4.78 is 15.9. The lowest BCUT2D eigenvalue weighted by Crippen LogP contribution is -2.49. The topological polar surface area (TPSA) is 106 Å². The van der Waals surface area contributed by atoms with Crippen molar-refractivity contribution in [3.63, 3.8) is 0 Å². The number of hydrogen-bond donors (Lipinski definition) is 2. The lowest BCUT2D eigenvalue weighted by atomic mass is 10.0. The Labute approximate surface area is 117 Å². The van der Waals surface area contributed by atoms with Gasteiger partial charge in [-0.05, 0) is 13.8 Å². The number of aliphatic hydroxyl groups excluding tert-OH is 2. The Balaban J connectivity index is 2.92. The van der Waals surface area contributed by atoms with Crippen molar-refractivity contribution in [2.45, 2.75) is 44.1 Å². The maximum absolute atomic E-state index is 11.6. The molecule has 0 saturated carbocycles. The highest BCUT2D eigenvalue weighted by Crippen LogP contribution is 2.31. The zero-order valence-electron chi connectivity index (χ0n) is 12.0. The lowest BCUT2D eigenvalue weighted by molar-refractivity contribution is -0.165. The first-order valence-corrected chi connectivity index (χ1v) is 6.19. The molecular weight excluding hydrogens is 270 g/mol. The summed E-state index contributed by atoms with van der Waals surface area (Å²) in [5.74, 6) is -1.05. The molecule has 1 amide bonds. The molecule has 8 heteroatoms. The van der Waals surface area contributed by atoms with E-state index < -0.39 is 42.9 Å². The molecule has 0 aliphatic carbocycles. The van der Waals surface area contributed by atoms with Gasteiger partial charge in [-0.2, -0.15) is 0 Å². The van der Waals surface area contributed by atoms with Crippen LogP contribution in [-0.2, 0) is 19.0 Å². The molecule has 4 atom stereocenters. The minimum Gasteiger partial charge on any atom is -0.440 e. The Bertz CT molecular complexity index is 358. The third-order valence-electron chi connectivity index (χ3n) is 2.79. The number of carbonyl (C=O) groups excluding carboxylic acids is 2. The van der Waals surface area contributed by atoms with Crippen LogP contribution < -0.4 is 0 Å². The lowest BCUT2D eigenvalue weighted by Gasteiger charge is -2.29. The van der Waals surface area contributed by atoms with E-state index in [1.807, 2.05) is 0 Å². The normalized spacial score (nSPS) is 27.7. The van der Waals surface area contributed by atoms with Crippen molar-refractivity contribution in [3.05, 3.63) is 0 Å². The van der Waals surface area contributed by atoms with Crippen molar-refractivity contribution in [2.75, 3.05) is 20.7 Å². The molecule has 1 fully saturated rings. The summed E-state index contributed by atoms with van der Waals surface area (Å²) >= 11 is 0. The van der Waals surface area contributed by atoms with Crippen molar-refractivity contribution >= 4 is 12.4 Å². The molecule has 1 aliphatic heterocycles. The summed E-state index contributed by atoms with van der Waals surface area (Å²) in [7, 11) is 2.94. The van der Waals surface area contributed by atoms with E-state index in [-0.39, 0.29) is 0 Å². The molecule has 2 N–H and O–H groups in total. The maximum atomic E-state index is 11.6. The minimum atomic E-state index is -1.39. The van der Waals surface area contributed by atoms with Crippen molar-refractivity contribution in [2.24, 2.45) is 0 Å². The monoisotopic (exact) mass is 291 g/mol. The van der Waals surface area contributed by atoms with Gasteiger partial charge in [-0.3, -0.25) is 0 Å². The van der Waals surface area contributed by atoms with Gasteiger partial charge in [0.15, 0.2) is 18.2 Å². The Morgan fingerprint density at radius 2 is 2.05 bits per heavy atom. The highest BCUT2D eigenvalue weighted by Gasteiger charge is 2.49. The van der Waals surface area contributed by atoms with Crippen LogP contribution in [0.4, 0.5) is 4.79 Å². The van der Waals surface area contributed by atoms with Crippen molar-refractivity contribution < 1.29 is 34.0 Å². The van der Waals surface area contributed by atoms with Crippen LogP contribution in [0.3, 0.4) is 0 Å². The van der Waals surface area contributed by atoms with Gasteiger partial charge in [-0.1, -0.05) is 0 Å². The first kappa shape index (κ1) is 16.8. The molecule has 1 aliphatic rings. The third-order valence-corrected chi connectivity index (χ3v) is 2.79. The molecule has 0 bridgehead atoms. The van der Waals surface area contributed by atoms with Crippen LogP contribution in [0.25, 0.3) is 0 Å². The maximum Gasteiger partial charge on any atom is 0.409 e. The molecule has 1 saturated heterocycles. The molecule has 0 radical (unpaired) electrons. The SMILES string of the molecule is CN(C)C(=O)OC(C(O)CO)C1OC(C)(C)OC1C=O. The molecule has 8 nitrogen and oxygen atoms in total. The van der Waals surface area contributed by atoms with Crippen LogP contribution in [-0.4, -0.2) is 78.4 Å². The highest BCUT2D eigenvalue weighted by atomic mass is 16.8. The summed E-state index contributed by atoms with van der Waals surface area (Å²) in [5.41, 5.74) is 0. The zero-order chi connectivity index (χ0) is 15.5. The van der Waals surface area contributed by atoms with Crippen molar-refractivity contribution in [1.29, 1.82) is 0 Å². The van der Waals surface area contributed by atoms with Crippen LogP contribution in [0.2, 0.25) is 0 Å². The largest absolute Gasteiger partial charge is 0.440 e. The Hall–Kier alpha value is -1.22. The first-order valence-electron chi connectivity index (χ1n) is 6.19. The number of rotatable bonds is 5. The Morgan fingerprint density at radius 3 is 2.50 bits per heavy atom. The fourth-order valence-corrected chi connectivity index (χ4v) is 1.87. The predicted octanol–water partition coefficient (Wildman–Crippen LogP) is -0.875. The fourth-order valence-electron chi connectivity index (χ4n) is 1.87. The number of ether oxygens (including phenoxy) is 3. The smallest absolute Gasteiger partial charge is 0.409 e. The van der Waals surface area contributed by atoms with Crippen LogP contribution >= 0.6 is 0 Å². The summed E-state index contributed by atoms with van der Waals surface area (Å²) in [6.07, 6.45) is -4.80. The van der Waals surface area contributed by atoms with Gasteiger partial charge < -0.3 is 34.1 Å². The number of aliphatic hydroxyl groups is 2. The van der Waals surface area contributed by atoms with E-state index in [4.69, 9.17) is 19.3 Å². The highest BCUT2D eigenvalue weighted by molar-refractivity contribution is 5.67. The van der Waals surface area contributed by atoms with Crippen molar-refractivity contribution in [3.8, 4) is 0 Å². The van der Waals surface area contributed by atoms with Crippen LogP contribution in [0.1, 0.15) is 13.8 Å². The van der Waals surface area contributed by atoms with Gasteiger partial charge in [0.2, 0.25) is 0 Å². The summed E-state index contributed by atoms with van der Waals surface area (Å²) in [4.78, 5) is 23.8. The predicted molar refractivity (Wildman–Crippen MR) is 66.9 cm³/mol. The molecule has 0 aromatic heterocycles. The number of nitrogens with zero attached hydrogens (tertiary/aromatic N) is 1. The van der Waals surface area contributed by atoms with Crippen LogP contribution in [0, 0.1) is 0 Å². The van der Waals surface area contributed by atoms with E-state index in [9.17, 15) is 14.7 Å². The molecule has 0 aromatic rings. The average molecular weight is 291 g/mol. The Kier molecular flexibility index (Phi) is 5.46. The van der Waals surface area contributed by atoms with E-state index >= 15 is 0 Å².